The second kappa shape index (κ2) is 4.66. The summed E-state index contributed by atoms with van der Waals surface area (Å²) < 4.78 is 1.45. The molecule has 2 aromatic rings. The number of benzene rings is 1. The lowest BCUT2D eigenvalue weighted by atomic mass is 9.97. The van der Waals surface area contributed by atoms with E-state index >= 15 is 0 Å². The standard InChI is InChI=1S/C14H16N2O2/c1-9-4-3-5-11(12(9)8-17)10-6-13(15)14(18)16(2)7-10/h3-7,17H,8,15H2,1-2H3. The third kappa shape index (κ3) is 2.02. The number of aliphatic hydroxyl groups excluding tert-OH is 1. The molecule has 4 nitrogen and oxygen atoms in total. The molecule has 1 aromatic carbocycles. The second-order valence-corrected chi connectivity index (χ2v) is 4.36. The molecule has 0 bridgehead atoms. The quantitative estimate of drug-likeness (QED) is 0.839. The fraction of sp³-hybridized carbons (Fsp3) is 0.214. The molecule has 3 N–H and O–H groups in total. The van der Waals surface area contributed by atoms with E-state index in [0.29, 0.717) is 0 Å². The number of pyridine rings is 1. The van der Waals surface area contributed by atoms with Crippen LogP contribution in [0, 0.1) is 6.92 Å². The number of nitrogen functional groups attached to an aromatic ring is 1. The summed E-state index contributed by atoms with van der Waals surface area (Å²) in [6, 6.07) is 7.43. The van der Waals surface area contributed by atoms with Crippen LogP contribution in [0.25, 0.3) is 11.1 Å². The molecule has 2 rings (SSSR count). The van der Waals surface area contributed by atoms with Gasteiger partial charge in [0.1, 0.15) is 0 Å². The van der Waals surface area contributed by atoms with Crippen LogP contribution in [-0.2, 0) is 13.7 Å². The molecule has 0 spiro atoms. The molecule has 0 radical (unpaired) electrons. The van der Waals surface area contributed by atoms with E-state index in [-0.39, 0.29) is 17.9 Å². The Bertz CT molecular complexity index is 618. The summed E-state index contributed by atoms with van der Waals surface area (Å²) in [6.45, 7) is 1.91. The largest absolute Gasteiger partial charge is 0.394 e. The van der Waals surface area contributed by atoms with Crippen LogP contribution in [0.4, 0.5) is 5.69 Å². The van der Waals surface area contributed by atoms with Crippen molar-refractivity contribution in [3.05, 3.63) is 51.9 Å². The Hall–Kier alpha value is -2.07. The van der Waals surface area contributed by atoms with Gasteiger partial charge in [0, 0.05) is 18.8 Å². The number of aromatic nitrogens is 1. The number of anilines is 1. The smallest absolute Gasteiger partial charge is 0.273 e. The average Bonchev–Trinajstić information content (AvgIpc) is 2.35. The molecule has 0 amide bonds. The lowest BCUT2D eigenvalue weighted by Gasteiger charge is -2.12. The second-order valence-electron chi connectivity index (χ2n) is 4.36. The number of nitrogens with zero attached hydrogens (tertiary/aromatic N) is 1. The van der Waals surface area contributed by atoms with Gasteiger partial charge in [-0.15, -0.1) is 0 Å². The van der Waals surface area contributed by atoms with Crippen molar-refractivity contribution in [1.82, 2.24) is 4.57 Å². The molecule has 1 aromatic heterocycles. The monoisotopic (exact) mass is 244 g/mol. The van der Waals surface area contributed by atoms with Crippen LogP contribution in [0.5, 0.6) is 0 Å². The Kier molecular flexibility index (Phi) is 3.21. The summed E-state index contributed by atoms with van der Waals surface area (Å²) in [4.78, 5) is 11.6. The fourth-order valence-electron chi connectivity index (χ4n) is 2.07. The highest BCUT2D eigenvalue weighted by molar-refractivity contribution is 5.70. The van der Waals surface area contributed by atoms with E-state index < -0.39 is 0 Å². The first-order valence-corrected chi connectivity index (χ1v) is 5.70. The highest BCUT2D eigenvalue weighted by atomic mass is 16.3. The molecule has 94 valence electrons. The highest BCUT2D eigenvalue weighted by Crippen LogP contribution is 2.26. The van der Waals surface area contributed by atoms with Gasteiger partial charge in [0.2, 0.25) is 0 Å². The van der Waals surface area contributed by atoms with Crippen LogP contribution in [0.2, 0.25) is 0 Å². The van der Waals surface area contributed by atoms with Crippen LogP contribution in [0.3, 0.4) is 0 Å². The minimum absolute atomic E-state index is 0.0370. The summed E-state index contributed by atoms with van der Waals surface area (Å²) in [5.74, 6) is 0. The minimum atomic E-state index is -0.211. The molecule has 18 heavy (non-hydrogen) atoms. The molecular formula is C14H16N2O2. The van der Waals surface area contributed by atoms with Gasteiger partial charge in [-0.25, -0.2) is 0 Å². The number of hydrogen-bond donors (Lipinski definition) is 2. The van der Waals surface area contributed by atoms with Crippen molar-refractivity contribution in [3.8, 4) is 11.1 Å². The number of hydrogen-bond acceptors (Lipinski definition) is 3. The van der Waals surface area contributed by atoms with Crippen LogP contribution in [0.15, 0.2) is 35.3 Å². The normalized spacial score (nSPS) is 10.6. The molecule has 0 aliphatic rings. The lowest BCUT2D eigenvalue weighted by Crippen LogP contribution is -2.19. The van der Waals surface area contributed by atoms with Gasteiger partial charge in [-0.05, 0) is 29.7 Å². The Morgan fingerprint density at radius 3 is 2.72 bits per heavy atom. The maximum atomic E-state index is 11.6. The van der Waals surface area contributed by atoms with E-state index in [1.54, 1.807) is 19.3 Å². The number of nitrogens with two attached hydrogens (primary N) is 1. The molecule has 0 unspecified atom stereocenters. The molecule has 0 fully saturated rings. The van der Waals surface area contributed by atoms with Crippen LogP contribution in [0.1, 0.15) is 11.1 Å². The molecule has 0 saturated carbocycles. The zero-order valence-electron chi connectivity index (χ0n) is 10.5. The highest BCUT2D eigenvalue weighted by Gasteiger charge is 2.09. The Morgan fingerprint density at radius 1 is 1.39 bits per heavy atom. The minimum Gasteiger partial charge on any atom is -0.394 e. The molecule has 0 aliphatic heterocycles. The SMILES string of the molecule is Cc1cccc(-c2cc(N)c(=O)n(C)c2)c1CO. The third-order valence-electron chi connectivity index (χ3n) is 3.09. The van der Waals surface area contributed by atoms with Crippen molar-refractivity contribution < 1.29 is 5.11 Å². The van der Waals surface area contributed by atoms with Crippen molar-refractivity contribution in [3.63, 3.8) is 0 Å². The van der Waals surface area contributed by atoms with Gasteiger partial charge < -0.3 is 15.4 Å². The first-order valence-electron chi connectivity index (χ1n) is 5.70. The molecular weight excluding hydrogens is 228 g/mol. The van der Waals surface area contributed by atoms with E-state index in [9.17, 15) is 9.90 Å². The fourth-order valence-corrected chi connectivity index (χ4v) is 2.07. The summed E-state index contributed by atoms with van der Waals surface area (Å²) >= 11 is 0. The first kappa shape index (κ1) is 12.4. The third-order valence-corrected chi connectivity index (χ3v) is 3.09. The van der Waals surface area contributed by atoms with Gasteiger partial charge in [0.15, 0.2) is 0 Å². The van der Waals surface area contributed by atoms with Gasteiger partial charge in [0.25, 0.3) is 5.56 Å². The molecule has 0 saturated heterocycles. The lowest BCUT2D eigenvalue weighted by molar-refractivity contribution is 0.281. The van der Waals surface area contributed by atoms with Gasteiger partial charge in [-0.3, -0.25) is 4.79 Å². The van der Waals surface area contributed by atoms with Crippen molar-refractivity contribution in [1.29, 1.82) is 0 Å². The summed E-state index contributed by atoms with van der Waals surface area (Å²) in [5, 5.41) is 9.45. The van der Waals surface area contributed by atoms with E-state index in [0.717, 1.165) is 22.3 Å². The zero-order chi connectivity index (χ0) is 13.3. The predicted molar refractivity (Wildman–Crippen MR) is 72.2 cm³/mol. The predicted octanol–water partition coefficient (Wildman–Crippen LogP) is 1.44. The van der Waals surface area contributed by atoms with Crippen LogP contribution < -0.4 is 11.3 Å². The number of rotatable bonds is 2. The number of aliphatic hydroxyl groups is 1. The Labute approximate surface area is 105 Å². The molecule has 1 heterocycles. The van der Waals surface area contributed by atoms with Crippen molar-refractivity contribution >= 4 is 5.69 Å². The van der Waals surface area contributed by atoms with Gasteiger partial charge in [-0.1, -0.05) is 18.2 Å². The Balaban J connectivity index is 2.70. The zero-order valence-corrected chi connectivity index (χ0v) is 10.5. The topological polar surface area (TPSA) is 68.2 Å². The molecule has 0 aliphatic carbocycles. The maximum Gasteiger partial charge on any atom is 0.273 e. The van der Waals surface area contributed by atoms with E-state index in [4.69, 9.17) is 5.73 Å². The Morgan fingerprint density at radius 2 is 2.11 bits per heavy atom. The summed E-state index contributed by atoms with van der Waals surface area (Å²) in [7, 11) is 1.66. The average molecular weight is 244 g/mol. The van der Waals surface area contributed by atoms with Crippen LogP contribution >= 0.6 is 0 Å². The van der Waals surface area contributed by atoms with Crippen molar-refractivity contribution in [2.45, 2.75) is 13.5 Å². The van der Waals surface area contributed by atoms with Gasteiger partial charge in [-0.2, -0.15) is 0 Å². The molecule has 4 heteroatoms. The van der Waals surface area contributed by atoms with Crippen LogP contribution in [-0.4, -0.2) is 9.67 Å². The van der Waals surface area contributed by atoms with Gasteiger partial charge >= 0.3 is 0 Å². The van der Waals surface area contributed by atoms with Crippen molar-refractivity contribution in [2.24, 2.45) is 7.05 Å². The maximum absolute atomic E-state index is 11.6. The summed E-state index contributed by atoms with van der Waals surface area (Å²) in [5.41, 5.74) is 9.30. The number of aryl methyl sites for hydroxylation is 2. The van der Waals surface area contributed by atoms with E-state index in [2.05, 4.69) is 0 Å². The first-order chi connectivity index (χ1) is 8.54. The van der Waals surface area contributed by atoms with Gasteiger partial charge in [0.05, 0.1) is 12.3 Å². The van der Waals surface area contributed by atoms with E-state index in [1.165, 1.54) is 4.57 Å². The van der Waals surface area contributed by atoms with E-state index in [1.807, 2.05) is 25.1 Å². The molecule has 0 atom stereocenters. The van der Waals surface area contributed by atoms with Crippen molar-refractivity contribution in [2.75, 3.05) is 5.73 Å². The summed E-state index contributed by atoms with van der Waals surface area (Å²) in [6.07, 6.45) is 1.73.